The zero-order valence-corrected chi connectivity index (χ0v) is 16.0. The Morgan fingerprint density at radius 1 is 0.935 bits per heavy atom. The lowest BCUT2D eigenvalue weighted by Crippen LogP contribution is -2.24. The molecule has 0 spiro atoms. The second-order valence-electron chi connectivity index (χ2n) is 7.24. The van der Waals surface area contributed by atoms with Crippen LogP contribution in [0.2, 0.25) is 0 Å². The van der Waals surface area contributed by atoms with Crippen LogP contribution in [0.5, 0.6) is 0 Å². The molecule has 1 aliphatic heterocycles. The molecular formula is C23H15F2N3O3. The van der Waals surface area contributed by atoms with Crippen LogP contribution in [0.15, 0.2) is 65.6 Å². The highest BCUT2D eigenvalue weighted by atomic mass is 19.1. The SMILES string of the molecule is O=C(O)c1cn2c(cc1=O)-c1c(-c3ccc(F)cc3)c(-c3ccc(F)cc3)nn1CC2. The molecule has 0 amide bonds. The molecule has 8 heteroatoms. The topological polar surface area (TPSA) is 77.1 Å². The van der Waals surface area contributed by atoms with Gasteiger partial charge in [0.2, 0.25) is 0 Å². The molecule has 31 heavy (non-hydrogen) atoms. The number of carboxylic acids is 1. The molecule has 0 radical (unpaired) electrons. The minimum Gasteiger partial charge on any atom is -0.477 e. The van der Waals surface area contributed by atoms with Gasteiger partial charge >= 0.3 is 5.97 Å². The quantitative estimate of drug-likeness (QED) is 0.544. The number of aromatic carboxylic acids is 1. The zero-order valence-electron chi connectivity index (χ0n) is 16.0. The molecule has 0 atom stereocenters. The fraction of sp³-hybridized carbons (Fsp3) is 0.0870. The van der Waals surface area contributed by atoms with Crippen molar-refractivity contribution in [2.75, 3.05) is 0 Å². The van der Waals surface area contributed by atoms with Gasteiger partial charge in [-0.25, -0.2) is 13.6 Å². The summed E-state index contributed by atoms with van der Waals surface area (Å²) in [6.07, 6.45) is 1.34. The van der Waals surface area contributed by atoms with Gasteiger partial charge in [-0.15, -0.1) is 0 Å². The van der Waals surface area contributed by atoms with Crippen molar-refractivity contribution in [3.8, 4) is 33.8 Å². The van der Waals surface area contributed by atoms with Gasteiger partial charge < -0.3 is 9.67 Å². The van der Waals surface area contributed by atoms with E-state index in [1.807, 2.05) is 0 Å². The largest absolute Gasteiger partial charge is 0.477 e. The van der Waals surface area contributed by atoms with E-state index >= 15 is 0 Å². The second kappa shape index (κ2) is 7.02. The summed E-state index contributed by atoms with van der Waals surface area (Å²) < 4.78 is 30.5. The predicted octanol–water partition coefficient (Wildman–Crippen LogP) is 4.04. The van der Waals surface area contributed by atoms with Crippen molar-refractivity contribution in [3.63, 3.8) is 0 Å². The molecule has 0 aliphatic carbocycles. The maximum Gasteiger partial charge on any atom is 0.341 e. The van der Waals surface area contributed by atoms with Crippen molar-refractivity contribution < 1.29 is 18.7 Å². The molecule has 1 aliphatic rings. The molecule has 2 aromatic carbocycles. The van der Waals surface area contributed by atoms with Crippen LogP contribution in [0.25, 0.3) is 33.8 Å². The van der Waals surface area contributed by atoms with E-state index in [-0.39, 0.29) is 11.4 Å². The number of carboxylic acid groups (broad SMARTS) is 1. The number of fused-ring (bicyclic) bond motifs is 3. The number of pyridine rings is 1. The first-order valence-corrected chi connectivity index (χ1v) is 9.53. The molecule has 5 rings (SSSR count). The van der Waals surface area contributed by atoms with Gasteiger partial charge in [0, 0.05) is 29.9 Å². The van der Waals surface area contributed by atoms with Gasteiger partial charge in [0.15, 0.2) is 5.43 Å². The van der Waals surface area contributed by atoms with E-state index < -0.39 is 17.2 Å². The van der Waals surface area contributed by atoms with E-state index in [0.717, 1.165) is 0 Å². The van der Waals surface area contributed by atoms with Crippen LogP contribution in [-0.4, -0.2) is 25.4 Å². The molecule has 3 heterocycles. The van der Waals surface area contributed by atoms with Crippen LogP contribution in [0.3, 0.4) is 0 Å². The average Bonchev–Trinajstić information content (AvgIpc) is 3.14. The third-order valence-electron chi connectivity index (χ3n) is 5.36. The Morgan fingerprint density at radius 2 is 1.55 bits per heavy atom. The Morgan fingerprint density at radius 3 is 2.16 bits per heavy atom. The minimum absolute atomic E-state index is 0.307. The van der Waals surface area contributed by atoms with Gasteiger partial charge in [0.1, 0.15) is 22.9 Å². The highest BCUT2D eigenvalue weighted by molar-refractivity contribution is 5.92. The molecule has 0 unspecified atom stereocenters. The monoisotopic (exact) mass is 419 g/mol. The predicted molar refractivity (Wildman–Crippen MR) is 110 cm³/mol. The van der Waals surface area contributed by atoms with E-state index in [9.17, 15) is 23.5 Å². The van der Waals surface area contributed by atoms with Crippen LogP contribution >= 0.6 is 0 Å². The molecular weight excluding hydrogens is 404 g/mol. The summed E-state index contributed by atoms with van der Waals surface area (Å²) in [6.45, 7) is 0.871. The van der Waals surface area contributed by atoms with Crippen molar-refractivity contribution in [3.05, 3.63) is 88.2 Å². The third-order valence-corrected chi connectivity index (χ3v) is 5.36. The first kappa shape index (κ1) is 18.9. The number of hydrogen-bond donors (Lipinski definition) is 1. The molecule has 0 fully saturated rings. The summed E-state index contributed by atoms with van der Waals surface area (Å²) in [4.78, 5) is 23.8. The maximum absolute atomic E-state index is 13.6. The van der Waals surface area contributed by atoms with Crippen LogP contribution in [-0.2, 0) is 13.1 Å². The van der Waals surface area contributed by atoms with Crippen molar-refractivity contribution in [1.29, 1.82) is 0 Å². The number of rotatable bonds is 3. The maximum atomic E-state index is 13.6. The van der Waals surface area contributed by atoms with Gasteiger partial charge in [0.05, 0.1) is 17.9 Å². The number of halogens is 2. The Labute approximate surface area is 174 Å². The summed E-state index contributed by atoms with van der Waals surface area (Å²) in [7, 11) is 0. The van der Waals surface area contributed by atoms with Crippen LogP contribution in [0.4, 0.5) is 8.78 Å². The number of hydrogen-bond acceptors (Lipinski definition) is 3. The van der Waals surface area contributed by atoms with Crippen molar-refractivity contribution in [2.45, 2.75) is 13.1 Å². The Hall–Kier alpha value is -4.07. The summed E-state index contributed by atoms with van der Waals surface area (Å²) in [6, 6.07) is 13.1. The number of aryl methyl sites for hydroxylation is 2. The van der Waals surface area contributed by atoms with Gasteiger partial charge in [-0.1, -0.05) is 12.1 Å². The molecule has 1 N–H and O–H groups in total. The average molecular weight is 419 g/mol. The van der Waals surface area contributed by atoms with Crippen molar-refractivity contribution in [1.82, 2.24) is 14.3 Å². The summed E-state index contributed by atoms with van der Waals surface area (Å²) >= 11 is 0. The lowest BCUT2D eigenvalue weighted by atomic mass is 9.96. The fourth-order valence-electron chi connectivity index (χ4n) is 3.91. The molecule has 0 saturated heterocycles. The highest BCUT2D eigenvalue weighted by Gasteiger charge is 2.27. The molecule has 154 valence electrons. The fourth-order valence-corrected chi connectivity index (χ4v) is 3.91. The number of carbonyl (C=O) groups is 1. The molecule has 2 aromatic heterocycles. The molecule has 0 saturated carbocycles. The van der Waals surface area contributed by atoms with Crippen molar-refractivity contribution in [2.24, 2.45) is 0 Å². The van der Waals surface area contributed by atoms with Gasteiger partial charge in [-0.3, -0.25) is 9.48 Å². The Balaban J connectivity index is 1.82. The smallest absolute Gasteiger partial charge is 0.341 e. The van der Waals surface area contributed by atoms with E-state index in [1.165, 1.54) is 36.5 Å². The summed E-state index contributed by atoms with van der Waals surface area (Å²) in [5.74, 6) is -2.06. The lowest BCUT2D eigenvalue weighted by molar-refractivity contribution is 0.0694. The normalized spacial score (nSPS) is 12.3. The van der Waals surface area contributed by atoms with Crippen molar-refractivity contribution >= 4 is 5.97 Å². The van der Waals surface area contributed by atoms with Gasteiger partial charge in [0.25, 0.3) is 0 Å². The summed E-state index contributed by atoms with van der Waals surface area (Å²) in [5, 5.41) is 14.0. The minimum atomic E-state index is -1.29. The molecule has 4 aromatic rings. The van der Waals surface area contributed by atoms with Gasteiger partial charge in [-0.2, -0.15) is 5.10 Å². The first-order valence-electron chi connectivity index (χ1n) is 9.53. The zero-order chi connectivity index (χ0) is 21.7. The van der Waals surface area contributed by atoms with E-state index in [0.29, 0.717) is 46.9 Å². The Kier molecular flexibility index (Phi) is 4.28. The van der Waals surface area contributed by atoms with E-state index in [4.69, 9.17) is 5.10 Å². The highest BCUT2D eigenvalue weighted by Crippen LogP contribution is 2.41. The summed E-state index contributed by atoms with van der Waals surface area (Å²) in [5.41, 5.74) is 2.77. The lowest BCUT2D eigenvalue weighted by Gasteiger charge is -2.22. The number of aromatic nitrogens is 3. The molecule has 0 bridgehead atoms. The van der Waals surface area contributed by atoms with Gasteiger partial charge in [-0.05, 0) is 42.0 Å². The number of benzene rings is 2. The van der Waals surface area contributed by atoms with Crippen LogP contribution < -0.4 is 5.43 Å². The second-order valence-corrected chi connectivity index (χ2v) is 7.24. The number of nitrogens with zero attached hydrogens (tertiary/aromatic N) is 3. The van der Waals surface area contributed by atoms with Crippen LogP contribution in [0.1, 0.15) is 10.4 Å². The van der Waals surface area contributed by atoms with Crippen LogP contribution in [0, 0.1) is 11.6 Å². The van der Waals surface area contributed by atoms with E-state index in [1.54, 1.807) is 33.5 Å². The first-order chi connectivity index (χ1) is 14.9. The third kappa shape index (κ3) is 3.13. The molecule has 6 nitrogen and oxygen atoms in total. The Bertz CT molecular complexity index is 1390. The standard InChI is InChI=1S/C23H15F2N3O3/c24-15-5-1-13(2-6-15)20-21(14-3-7-16(25)8-4-14)26-28-10-9-27-12-17(23(30)31)19(29)11-18(27)22(20)28/h1-8,11-12H,9-10H2,(H,30,31). The van der Waals surface area contributed by atoms with E-state index in [2.05, 4.69) is 0 Å².